The third kappa shape index (κ3) is 6.72. The number of unbranched alkanes of at least 4 members (excludes halogenated alkanes) is 1. The molecule has 0 saturated heterocycles. The third-order valence-corrected chi connectivity index (χ3v) is 4.80. The summed E-state index contributed by atoms with van der Waals surface area (Å²) < 4.78 is 0. The molecule has 0 radical (unpaired) electrons. The van der Waals surface area contributed by atoms with Crippen molar-refractivity contribution in [3.05, 3.63) is 65.7 Å². The molecule has 0 aliphatic heterocycles. The summed E-state index contributed by atoms with van der Waals surface area (Å²) in [7, 11) is 1.62. The molecule has 0 aromatic heterocycles. The van der Waals surface area contributed by atoms with Crippen LogP contribution in [0.1, 0.15) is 69.2 Å². The lowest BCUT2D eigenvalue weighted by Crippen LogP contribution is -2.27. The van der Waals surface area contributed by atoms with Crippen molar-refractivity contribution >= 4 is 11.7 Å². The van der Waals surface area contributed by atoms with E-state index in [0.717, 1.165) is 31.4 Å². The van der Waals surface area contributed by atoms with Gasteiger partial charge in [0.15, 0.2) is 0 Å². The van der Waals surface area contributed by atoms with Gasteiger partial charge in [-0.2, -0.15) is 0 Å². The average molecular weight is 368 g/mol. The summed E-state index contributed by atoms with van der Waals surface area (Å²) in [6, 6.07) is 19.2. The second-order valence-electron chi connectivity index (χ2n) is 6.94. The smallest absolute Gasteiger partial charge is 0.318 e. The molecule has 0 saturated carbocycles. The van der Waals surface area contributed by atoms with Crippen molar-refractivity contribution in [1.82, 2.24) is 10.6 Å². The molecular weight excluding hydrogens is 334 g/mol. The fourth-order valence-corrected chi connectivity index (χ4v) is 3.34. The Morgan fingerprint density at radius 1 is 0.889 bits per heavy atom. The first kappa shape index (κ1) is 21.0. The number of amides is 2. The molecule has 146 valence electrons. The summed E-state index contributed by atoms with van der Waals surface area (Å²) in [5.74, 6) is 0. The number of rotatable bonds is 10. The van der Waals surface area contributed by atoms with E-state index in [9.17, 15) is 4.79 Å². The van der Waals surface area contributed by atoms with Gasteiger partial charge in [0.25, 0.3) is 0 Å². The first-order valence-corrected chi connectivity index (χ1v) is 10.1. The van der Waals surface area contributed by atoms with Gasteiger partial charge in [0.1, 0.15) is 0 Å². The second-order valence-corrected chi connectivity index (χ2v) is 6.94. The number of hydrogen-bond donors (Lipinski definition) is 3. The molecule has 2 aromatic carbocycles. The predicted octanol–water partition coefficient (Wildman–Crippen LogP) is 5.80. The van der Waals surface area contributed by atoms with Gasteiger partial charge in [-0.1, -0.05) is 75.6 Å². The Bertz CT molecular complexity index is 687. The summed E-state index contributed by atoms with van der Waals surface area (Å²) in [4.78, 5) is 11.6. The van der Waals surface area contributed by atoms with Crippen LogP contribution >= 0.6 is 0 Å². The number of benzene rings is 2. The number of anilines is 1. The molecule has 2 unspecified atom stereocenters. The molecule has 2 aromatic rings. The number of carbonyl (C=O) groups is 1. The lowest BCUT2D eigenvalue weighted by atomic mass is 9.96. The Morgan fingerprint density at radius 3 is 2.26 bits per heavy atom. The van der Waals surface area contributed by atoms with E-state index in [-0.39, 0.29) is 12.1 Å². The molecule has 0 aliphatic carbocycles. The minimum Gasteiger partial charge on any atom is -0.341 e. The number of urea groups is 1. The van der Waals surface area contributed by atoms with Crippen LogP contribution in [0.3, 0.4) is 0 Å². The zero-order valence-corrected chi connectivity index (χ0v) is 16.8. The maximum Gasteiger partial charge on any atom is 0.318 e. The average Bonchev–Trinajstić information content (AvgIpc) is 2.71. The SMILES string of the molecule is CCCCC(NC(CCC)c1ccccc1)c1cccc(NC(=O)NC)c1. The van der Waals surface area contributed by atoms with E-state index in [1.807, 2.05) is 12.1 Å². The van der Waals surface area contributed by atoms with Gasteiger partial charge in [-0.25, -0.2) is 4.79 Å². The summed E-state index contributed by atoms with van der Waals surface area (Å²) in [5, 5.41) is 9.37. The molecule has 4 heteroatoms. The Morgan fingerprint density at radius 2 is 1.59 bits per heavy atom. The zero-order chi connectivity index (χ0) is 19.5. The molecule has 0 aliphatic rings. The van der Waals surface area contributed by atoms with Gasteiger partial charge < -0.3 is 16.0 Å². The summed E-state index contributed by atoms with van der Waals surface area (Å²) >= 11 is 0. The number of nitrogens with one attached hydrogen (secondary N) is 3. The highest BCUT2D eigenvalue weighted by Crippen LogP contribution is 2.28. The minimum atomic E-state index is -0.196. The van der Waals surface area contributed by atoms with Gasteiger partial charge in [-0.15, -0.1) is 0 Å². The molecule has 4 nitrogen and oxygen atoms in total. The first-order chi connectivity index (χ1) is 13.2. The summed E-state index contributed by atoms with van der Waals surface area (Å²) in [6.07, 6.45) is 5.64. The fourth-order valence-electron chi connectivity index (χ4n) is 3.34. The predicted molar refractivity (Wildman–Crippen MR) is 114 cm³/mol. The largest absolute Gasteiger partial charge is 0.341 e. The van der Waals surface area contributed by atoms with Crippen LogP contribution in [0.25, 0.3) is 0 Å². The summed E-state index contributed by atoms with van der Waals surface area (Å²) in [6.45, 7) is 4.45. The molecule has 2 atom stereocenters. The van der Waals surface area contributed by atoms with E-state index in [2.05, 4.69) is 72.3 Å². The van der Waals surface area contributed by atoms with E-state index < -0.39 is 0 Å². The Balaban J connectivity index is 2.23. The molecule has 0 spiro atoms. The minimum absolute atomic E-state index is 0.196. The summed E-state index contributed by atoms with van der Waals surface area (Å²) in [5.41, 5.74) is 3.37. The van der Waals surface area contributed by atoms with E-state index in [1.54, 1.807) is 7.05 Å². The van der Waals surface area contributed by atoms with Gasteiger partial charge in [0, 0.05) is 24.8 Å². The van der Waals surface area contributed by atoms with Crippen molar-refractivity contribution in [1.29, 1.82) is 0 Å². The number of carbonyl (C=O) groups excluding carboxylic acids is 1. The van der Waals surface area contributed by atoms with E-state index in [1.165, 1.54) is 17.5 Å². The van der Waals surface area contributed by atoms with Crippen LogP contribution < -0.4 is 16.0 Å². The van der Waals surface area contributed by atoms with Crippen LogP contribution in [0.4, 0.5) is 10.5 Å². The van der Waals surface area contributed by atoms with Crippen LogP contribution in [0, 0.1) is 0 Å². The van der Waals surface area contributed by atoms with Gasteiger partial charge >= 0.3 is 6.03 Å². The molecule has 0 heterocycles. The molecular formula is C23H33N3O. The molecule has 2 rings (SSSR count). The highest BCUT2D eigenvalue weighted by Gasteiger charge is 2.18. The zero-order valence-electron chi connectivity index (χ0n) is 16.8. The lowest BCUT2D eigenvalue weighted by Gasteiger charge is -2.27. The lowest BCUT2D eigenvalue weighted by molar-refractivity contribution is 0.254. The van der Waals surface area contributed by atoms with E-state index >= 15 is 0 Å². The maximum absolute atomic E-state index is 11.6. The maximum atomic E-state index is 11.6. The molecule has 3 N–H and O–H groups in total. The molecule has 0 bridgehead atoms. The highest BCUT2D eigenvalue weighted by molar-refractivity contribution is 5.89. The first-order valence-electron chi connectivity index (χ1n) is 10.1. The van der Waals surface area contributed by atoms with Crippen molar-refractivity contribution in [2.24, 2.45) is 0 Å². The molecule has 27 heavy (non-hydrogen) atoms. The van der Waals surface area contributed by atoms with Crippen molar-refractivity contribution in [2.45, 2.75) is 58.0 Å². The van der Waals surface area contributed by atoms with Crippen LogP contribution in [-0.4, -0.2) is 13.1 Å². The van der Waals surface area contributed by atoms with Gasteiger partial charge in [-0.05, 0) is 36.1 Å². The highest BCUT2D eigenvalue weighted by atomic mass is 16.2. The van der Waals surface area contributed by atoms with E-state index in [0.29, 0.717) is 6.04 Å². The molecule has 0 fully saturated rings. The topological polar surface area (TPSA) is 53.2 Å². The Kier molecular flexibility index (Phi) is 8.85. The van der Waals surface area contributed by atoms with Crippen LogP contribution in [0.5, 0.6) is 0 Å². The quantitative estimate of drug-likeness (QED) is 0.497. The van der Waals surface area contributed by atoms with Crippen molar-refractivity contribution in [3.8, 4) is 0 Å². The normalized spacial score (nSPS) is 13.0. The standard InChI is InChI=1S/C23H33N3O/c1-4-6-16-22(19-14-10-15-20(17-19)25-23(27)24-3)26-21(11-5-2)18-12-8-7-9-13-18/h7-10,12-15,17,21-22,26H,4-6,11,16H2,1-3H3,(H2,24,25,27). The van der Waals surface area contributed by atoms with Crippen LogP contribution in [0.15, 0.2) is 54.6 Å². The van der Waals surface area contributed by atoms with Gasteiger partial charge in [0.2, 0.25) is 0 Å². The fraction of sp³-hybridized carbons (Fsp3) is 0.435. The van der Waals surface area contributed by atoms with Crippen molar-refractivity contribution in [3.63, 3.8) is 0 Å². The monoisotopic (exact) mass is 367 g/mol. The number of hydrogen-bond acceptors (Lipinski definition) is 2. The van der Waals surface area contributed by atoms with Crippen molar-refractivity contribution < 1.29 is 4.79 Å². The second kappa shape index (κ2) is 11.4. The van der Waals surface area contributed by atoms with Crippen LogP contribution in [0.2, 0.25) is 0 Å². The third-order valence-electron chi connectivity index (χ3n) is 4.80. The van der Waals surface area contributed by atoms with E-state index in [4.69, 9.17) is 0 Å². The Labute approximate surface area is 163 Å². The van der Waals surface area contributed by atoms with Gasteiger partial charge in [0.05, 0.1) is 0 Å². The Hall–Kier alpha value is -2.33. The van der Waals surface area contributed by atoms with Crippen molar-refractivity contribution in [2.75, 3.05) is 12.4 Å². The van der Waals surface area contributed by atoms with Gasteiger partial charge in [-0.3, -0.25) is 0 Å². The van der Waals surface area contributed by atoms with Crippen LogP contribution in [-0.2, 0) is 0 Å². The molecule has 2 amide bonds.